The lowest BCUT2D eigenvalue weighted by Gasteiger charge is -2.33. The Balaban J connectivity index is 1.85. The number of likely N-dealkylation sites (tertiary alicyclic amines) is 1. The van der Waals surface area contributed by atoms with Crippen LogP contribution in [0.25, 0.3) is 0 Å². The van der Waals surface area contributed by atoms with Crippen LogP contribution >= 0.6 is 0 Å². The summed E-state index contributed by atoms with van der Waals surface area (Å²) >= 11 is 0. The molecule has 0 bridgehead atoms. The van der Waals surface area contributed by atoms with E-state index in [0.29, 0.717) is 38.0 Å². The van der Waals surface area contributed by atoms with Gasteiger partial charge in [-0.15, -0.1) is 0 Å². The van der Waals surface area contributed by atoms with E-state index in [1.54, 1.807) is 43.0 Å². The van der Waals surface area contributed by atoms with E-state index in [1.807, 2.05) is 12.1 Å². The monoisotopic (exact) mass is 361 g/mol. The van der Waals surface area contributed by atoms with Gasteiger partial charge in [-0.2, -0.15) is 0 Å². The number of carboxylic acid groups (broad SMARTS) is 1. The summed E-state index contributed by atoms with van der Waals surface area (Å²) in [5.41, 5.74) is 1.63. The van der Waals surface area contributed by atoms with Crippen molar-refractivity contribution in [2.24, 2.45) is 11.8 Å². The highest BCUT2D eigenvalue weighted by Gasteiger charge is 2.28. The van der Waals surface area contributed by atoms with Gasteiger partial charge >= 0.3 is 12.0 Å². The number of carbonyl (C=O) groups excluding carboxylic acids is 2. The Labute approximate surface area is 154 Å². The number of rotatable bonds is 5. The maximum atomic E-state index is 12.4. The lowest BCUT2D eigenvalue weighted by Crippen LogP contribution is -2.45. The highest BCUT2D eigenvalue weighted by Crippen LogP contribution is 2.21. The molecule has 0 radical (unpaired) electrons. The Kier molecular flexibility index (Phi) is 6.60. The van der Waals surface area contributed by atoms with Gasteiger partial charge in [0, 0.05) is 38.8 Å². The number of aliphatic carboxylic acids is 1. The SMILES string of the molecule is CC(Cc1ccc(NC(=O)C2CCN(C(=O)N(C)C)CC2)cc1)C(=O)O. The molecule has 1 unspecified atom stereocenters. The van der Waals surface area contributed by atoms with Crippen LogP contribution in [0.1, 0.15) is 25.3 Å². The molecule has 0 aliphatic carbocycles. The molecule has 1 aliphatic rings. The molecule has 142 valence electrons. The van der Waals surface area contributed by atoms with Gasteiger partial charge in [0.2, 0.25) is 5.91 Å². The average molecular weight is 361 g/mol. The molecule has 7 nitrogen and oxygen atoms in total. The number of hydrogen-bond donors (Lipinski definition) is 2. The number of nitrogens with one attached hydrogen (secondary N) is 1. The maximum Gasteiger partial charge on any atom is 0.319 e. The van der Waals surface area contributed by atoms with E-state index in [-0.39, 0.29) is 17.9 Å². The van der Waals surface area contributed by atoms with E-state index in [9.17, 15) is 14.4 Å². The summed E-state index contributed by atoms with van der Waals surface area (Å²) in [5, 5.41) is 11.9. The van der Waals surface area contributed by atoms with Crippen LogP contribution in [0.3, 0.4) is 0 Å². The highest BCUT2D eigenvalue weighted by atomic mass is 16.4. The molecule has 0 aromatic heterocycles. The topological polar surface area (TPSA) is 90.0 Å². The molecule has 1 fully saturated rings. The predicted molar refractivity (Wildman–Crippen MR) is 99.0 cm³/mol. The number of piperidine rings is 1. The second kappa shape index (κ2) is 8.69. The minimum Gasteiger partial charge on any atom is -0.481 e. The number of carboxylic acids is 1. The Morgan fingerprint density at radius 2 is 1.77 bits per heavy atom. The molecular formula is C19H27N3O4. The van der Waals surface area contributed by atoms with Crippen molar-refractivity contribution in [3.05, 3.63) is 29.8 Å². The fourth-order valence-corrected chi connectivity index (χ4v) is 3.03. The third-order valence-electron chi connectivity index (χ3n) is 4.70. The van der Waals surface area contributed by atoms with E-state index in [0.717, 1.165) is 5.56 Å². The molecule has 26 heavy (non-hydrogen) atoms. The van der Waals surface area contributed by atoms with Gasteiger partial charge in [-0.25, -0.2) is 4.79 Å². The third kappa shape index (κ3) is 5.21. The molecule has 2 rings (SSSR count). The van der Waals surface area contributed by atoms with Gasteiger partial charge in [0.25, 0.3) is 0 Å². The molecule has 1 atom stereocenters. The summed E-state index contributed by atoms with van der Waals surface area (Å²) in [6.07, 6.45) is 1.77. The van der Waals surface area contributed by atoms with Crippen molar-refractivity contribution < 1.29 is 19.5 Å². The van der Waals surface area contributed by atoms with Crippen molar-refractivity contribution in [2.75, 3.05) is 32.5 Å². The fraction of sp³-hybridized carbons (Fsp3) is 0.526. The van der Waals surface area contributed by atoms with Crippen LogP contribution < -0.4 is 5.32 Å². The third-order valence-corrected chi connectivity index (χ3v) is 4.70. The zero-order valence-corrected chi connectivity index (χ0v) is 15.6. The number of amides is 3. The molecule has 0 spiro atoms. The minimum atomic E-state index is -0.818. The van der Waals surface area contributed by atoms with E-state index in [1.165, 1.54) is 0 Å². The number of nitrogens with zero attached hydrogens (tertiary/aromatic N) is 2. The van der Waals surface area contributed by atoms with Gasteiger partial charge in [-0.3, -0.25) is 9.59 Å². The number of urea groups is 1. The zero-order chi connectivity index (χ0) is 19.3. The molecule has 1 aromatic rings. The molecular weight excluding hydrogens is 334 g/mol. The number of benzene rings is 1. The summed E-state index contributed by atoms with van der Waals surface area (Å²) in [4.78, 5) is 38.6. The van der Waals surface area contributed by atoms with E-state index < -0.39 is 11.9 Å². The van der Waals surface area contributed by atoms with Crippen LogP contribution in [0.5, 0.6) is 0 Å². The summed E-state index contributed by atoms with van der Waals surface area (Å²) in [6, 6.07) is 7.26. The zero-order valence-electron chi connectivity index (χ0n) is 15.6. The smallest absolute Gasteiger partial charge is 0.319 e. The Morgan fingerprint density at radius 3 is 2.27 bits per heavy atom. The van der Waals surface area contributed by atoms with Crippen LogP contribution in [0.2, 0.25) is 0 Å². The number of carbonyl (C=O) groups is 3. The first-order chi connectivity index (χ1) is 12.3. The normalized spacial score (nSPS) is 16.0. The van der Waals surface area contributed by atoms with Crippen LogP contribution in [0, 0.1) is 11.8 Å². The van der Waals surface area contributed by atoms with Crippen molar-refractivity contribution in [2.45, 2.75) is 26.2 Å². The quantitative estimate of drug-likeness (QED) is 0.842. The average Bonchev–Trinajstić information content (AvgIpc) is 2.62. The molecule has 1 aliphatic heterocycles. The summed E-state index contributed by atoms with van der Waals surface area (Å²) in [6.45, 7) is 2.84. The standard InChI is InChI=1S/C19H27N3O4/c1-13(18(24)25)12-14-4-6-16(7-5-14)20-17(23)15-8-10-22(11-9-15)19(26)21(2)3/h4-7,13,15H,8-12H2,1-3H3,(H,20,23)(H,24,25). The van der Waals surface area contributed by atoms with Gasteiger partial charge in [-0.05, 0) is 37.0 Å². The van der Waals surface area contributed by atoms with Crippen molar-refractivity contribution in [3.63, 3.8) is 0 Å². The van der Waals surface area contributed by atoms with Crippen LogP contribution in [0.4, 0.5) is 10.5 Å². The maximum absolute atomic E-state index is 12.4. The van der Waals surface area contributed by atoms with Gasteiger partial charge in [0.1, 0.15) is 0 Å². The summed E-state index contributed by atoms with van der Waals surface area (Å²) < 4.78 is 0. The van der Waals surface area contributed by atoms with Crippen LogP contribution in [-0.2, 0) is 16.0 Å². The lowest BCUT2D eigenvalue weighted by molar-refractivity contribution is -0.141. The van der Waals surface area contributed by atoms with Crippen molar-refractivity contribution in [1.29, 1.82) is 0 Å². The van der Waals surface area contributed by atoms with E-state index in [4.69, 9.17) is 5.11 Å². The first-order valence-electron chi connectivity index (χ1n) is 8.86. The second-order valence-electron chi connectivity index (χ2n) is 7.07. The van der Waals surface area contributed by atoms with Gasteiger partial charge < -0.3 is 20.2 Å². The lowest BCUT2D eigenvalue weighted by atomic mass is 9.96. The molecule has 1 heterocycles. The first-order valence-corrected chi connectivity index (χ1v) is 8.86. The van der Waals surface area contributed by atoms with Crippen LogP contribution in [-0.4, -0.2) is 60.0 Å². The predicted octanol–water partition coefficient (Wildman–Crippen LogP) is 2.28. The van der Waals surface area contributed by atoms with Crippen molar-refractivity contribution in [3.8, 4) is 0 Å². The van der Waals surface area contributed by atoms with E-state index >= 15 is 0 Å². The molecule has 1 aromatic carbocycles. The molecule has 7 heteroatoms. The van der Waals surface area contributed by atoms with Crippen molar-refractivity contribution >= 4 is 23.6 Å². The first kappa shape index (κ1) is 19.8. The molecule has 3 amide bonds. The van der Waals surface area contributed by atoms with Gasteiger partial charge in [-0.1, -0.05) is 19.1 Å². The highest BCUT2D eigenvalue weighted by molar-refractivity contribution is 5.92. The minimum absolute atomic E-state index is 0.0185. The largest absolute Gasteiger partial charge is 0.481 e. The molecule has 0 saturated carbocycles. The van der Waals surface area contributed by atoms with Crippen molar-refractivity contribution in [1.82, 2.24) is 9.80 Å². The fourth-order valence-electron chi connectivity index (χ4n) is 3.03. The summed E-state index contributed by atoms with van der Waals surface area (Å²) in [7, 11) is 3.45. The Bertz CT molecular complexity index is 649. The number of hydrogen-bond acceptors (Lipinski definition) is 3. The number of anilines is 1. The van der Waals surface area contributed by atoms with Crippen LogP contribution in [0.15, 0.2) is 24.3 Å². The molecule has 2 N–H and O–H groups in total. The second-order valence-corrected chi connectivity index (χ2v) is 7.07. The van der Waals surface area contributed by atoms with E-state index in [2.05, 4.69) is 5.32 Å². The van der Waals surface area contributed by atoms with Gasteiger partial charge in [0.05, 0.1) is 5.92 Å². The van der Waals surface area contributed by atoms with Gasteiger partial charge in [0.15, 0.2) is 0 Å². The summed E-state index contributed by atoms with van der Waals surface area (Å²) in [5.74, 6) is -1.39. The Hall–Kier alpha value is -2.57. The Morgan fingerprint density at radius 1 is 1.19 bits per heavy atom. The molecule has 1 saturated heterocycles.